The predicted octanol–water partition coefficient (Wildman–Crippen LogP) is 3.04. The van der Waals surface area contributed by atoms with Crippen LogP contribution >= 0.6 is 0 Å². The van der Waals surface area contributed by atoms with Crippen molar-refractivity contribution >= 4 is 5.97 Å². The molecule has 3 heteroatoms. The van der Waals surface area contributed by atoms with Gasteiger partial charge in [0.2, 0.25) is 0 Å². The maximum Gasteiger partial charge on any atom is 0.307 e. The zero-order chi connectivity index (χ0) is 13.5. The fraction of sp³-hybridized carbons (Fsp3) is 0.533. The monoisotopic (exact) mass is 249 g/mol. The Labute approximate surface area is 109 Å². The maximum absolute atomic E-state index is 11.6. The van der Waals surface area contributed by atoms with Crippen LogP contribution in [0.2, 0.25) is 0 Å². The van der Waals surface area contributed by atoms with Crippen molar-refractivity contribution in [1.82, 2.24) is 0 Å². The Morgan fingerprint density at radius 1 is 1.39 bits per heavy atom. The highest BCUT2D eigenvalue weighted by Gasteiger charge is 2.15. The lowest BCUT2D eigenvalue weighted by Crippen LogP contribution is -2.18. The molecule has 0 amide bonds. The van der Waals surface area contributed by atoms with Crippen LogP contribution in [0.5, 0.6) is 0 Å². The largest absolute Gasteiger partial charge is 0.466 e. The van der Waals surface area contributed by atoms with Crippen molar-refractivity contribution in [3.63, 3.8) is 0 Å². The molecule has 0 aliphatic rings. The van der Waals surface area contributed by atoms with Gasteiger partial charge < -0.3 is 10.5 Å². The molecule has 0 fully saturated rings. The quantitative estimate of drug-likeness (QED) is 0.622. The standard InChI is InChI=1S/C15H23NO2/c1-4-5-9-18-15(17)10-14(16)13-8-6-7-11(2)12(13)3/h6-8,14H,4-5,9-10,16H2,1-3H3. The van der Waals surface area contributed by atoms with Crippen LogP contribution < -0.4 is 5.73 Å². The average molecular weight is 249 g/mol. The molecule has 1 rings (SSSR count). The molecule has 1 aromatic rings. The van der Waals surface area contributed by atoms with E-state index in [-0.39, 0.29) is 18.4 Å². The first-order valence-electron chi connectivity index (χ1n) is 6.53. The molecule has 1 atom stereocenters. The van der Waals surface area contributed by atoms with Crippen LogP contribution in [0.1, 0.15) is 48.9 Å². The SMILES string of the molecule is CCCCOC(=O)CC(N)c1cccc(C)c1C. The summed E-state index contributed by atoms with van der Waals surface area (Å²) in [6.45, 7) is 6.64. The Kier molecular flexibility index (Phi) is 5.86. The molecule has 100 valence electrons. The molecule has 18 heavy (non-hydrogen) atoms. The van der Waals surface area contributed by atoms with Crippen molar-refractivity contribution < 1.29 is 9.53 Å². The second kappa shape index (κ2) is 7.17. The van der Waals surface area contributed by atoms with Gasteiger partial charge in [-0.05, 0) is 37.0 Å². The lowest BCUT2D eigenvalue weighted by atomic mass is 9.96. The topological polar surface area (TPSA) is 52.3 Å². The molecular weight excluding hydrogens is 226 g/mol. The van der Waals surface area contributed by atoms with Gasteiger partial charge in [-0.1, -0.05) is 31.5 Å². The van der Waals surface area contributed by atoms with Crippen molar-refractivity contribution in [1.29, 1.82) is 0 Å². The normalized spacial score (nSPS) is 12.2. The number of ether oxygens (including phenoxy) is 1. The van der Waals surface area contributed by atoms with Crippen LogP contribution in [0.15, 0.2) is 18.2 Å². The number of hydrogen-bond donors (Lipinski definition) is 1. The molecule has 0 bridgehead atoms. The summed E-state index contributed by atoms with van der Waals surface area (Å²) in [5, 5.41) is 0. The van der Waals surface area contributed by atoms with Gasteiger partial charge in [-0.2, -0.15) is 0 Å². The van der Waals surface area contributed by atoms with Crippen LogP contribution in [0.4, 0.5) is 0 Å². The van der Waals surface area contributed by atoms with Crippen molar-refractivity contribution in [3.8, 4) is 0 Å². The van der Waals surface area contributed by atoms with E-state index < -0.39 is 0 Å². The number of hydrogen-bond acceptors (Lipinski definition) is 3. The van der Waals surface area contributed by atoms with E-state index in [4.69, 9.17) is 10.5 Å². The Hall–Kier alpha value is -1.35. The minimum Gasteiger partial charge on any atom is -0.466 e. The molecule has 0 aromatic heterocycles. The minimum absolute atomic E-state index is 0.211. The van der Waals surface area contributed by atoms with Crippen LogP contribution in [-0.4, -0.2) is 12.6 Å². The first-order chi connectivity index (χ1) is 8.56. The summed E-state index contributed by atoms with van der Waals surface area (Å²) in [7, 11) is 0. The summed E-state index contributed by atoms with van der Waals surface area (Å²) in [5.41, 5.74) is 9.45. The van der Waals surface area contributed by atoms with Crippen LogP contribution in [0.3, 0.4) is 0 Å². The highest BCUT2D eigenvalue weighted by molar-refractivity contribution is 5.70. The first-order valence-corrected chi connectivity index (χ1v) is 6.53. The number of carbonyl (C=O) groups is 1. The zero-order valence-electron chi connectivity index (χ0n) is 11.5. The van der Waals surface area contributed by atoms with Crippen LogP contribution in [0, 0.1) is 13.8 Å². The van der Waals surface area contributed by atoms with Gasteiger partial charge >= 0.3 is 5.97 Å². The molecule has 0 saturated heterocycles. The van der Waals surface area contributed by atoms with Crippen molar-refractivity contribution in [2.24, 2.45) is 5.73 Å². The molecule has 0 aliphatic heterocycles. The first kappa shape index (κ1) is 14.7. The molecule has 1 unspecified atom stereocenters. The van der Waals surface area contributed by atoms with Gasteiger partial charge in [-0.25, -0.2) is 0 Å². The molecular formula is C15H23NO2. The van der Waals surface area contributed by atoms with E-state index in [1.807, 2.05) is 32.0 Å². The number of nitrogens with two attached hydrogens (primary N) is 1. The summed E-state index contributed by atoms with van der Waals surface area (Å²) < 4.78 is 5.13. The molecule has 0 spiro atoms. The van der Waals surface area contributed by atoms with E-state index in [1.54, 1.807) is 0 Å². The van der Waals surface area contributed by atoms with E-state index in [0.717, 1.165) is 24.0 Å². The summed E-state index contributed by atoms with van der Waals surface area (Å²) in [6, 6.07) is 5.72. The van der Waals surface area contributed by atoms with Gasteiger partial charge in [0.05, 0.1) is 13.0 Å². The van der Waals surface area contributed by atoms with Gasteiger partial charge in [0, 0.05) is 6.04 Å². The molecule has 0 radical (unpaired) electrons. The lowest BCUT2D eigenvalue weighted by Gasteiger charge is -2.15. The van der Waals surface area contributed by atoms with Gasteiger partial charge in [0.25, 0.3) is 0 Å². The molecule has 1 aromatic carbocycles. The second-order valence-electron chi connectivity index (χ2n) is 4.67. The highest BCUT2D eigenvalue weighted by Crippen LogP contribution is 2.21. The number of carbonyl (C=O) groups excluding carboxylic acids is 1. The van der Waals surface area contributed by atoms with E-state index in [2.05, 4.69) is 6.92 Å². The van der Waals surface area contributed by atoms with Gasteiger partial charge in [-0.15, -0.1) is 0 Å². The molecule has 0 aliphatic carbocycles. The maximum atomic E-state index is 11.6. The number of unbranched alkanes of at least 4 members (excludes halogenated alkanes) is 1. The Balaban J connectivity index is 2.57. The van der Waals surface area contributed by atoms with Gasteiger partial charge in [0.15, 0.2) is 0 Å². The van der Waals surface area contributed by atoms with Crippen molar-refractivity contribution in [2.75, 3.05) is 6.61 Å². The fourth-order valence-electron chi connectivity index (χ4n) is 1.85. The Bertz CT molecular complexity index is 401. The number of rotatable bonds is 6. The van der Waals surface area contributed by atoms with E-state index >= 15 is 0 Å². The van der Waals surface area contributed by atoms with Gasteiger partial charge in [0.1, 0.15) is 0 Å². The third kappa shape index (κ3) is 4.15. The number of benzene rings is 1. The lowest BCUT2D eigenvalue weighted by molar-refractivity contribution is -0.144. The van der Waals surface area contributed by atoms with Crippen LogP contribution in [-0.2, 0) is 9.53 Å². The van der Waals surface area contributed by atoms with Crippen molar-refractivity contribution in [2.45, 2.75) is 46.1 Å². The molecule has 2 N–H and O–H groups in total. The summed E-state index contributed by atoms with van der Waals surface area (Å²) in [6.07, 6.45) is 2.18. The van der Waals surface area contributed by atoms with E-state index in [9.17, 15) is 4.79 Å². The highest BCUT2D eigenvalue weighted by atomic mass is 16.5. The average Bonchev–Trinajstić information content (AvgIpc) is 2.32. The van der Waals surface area contributed by atoms with E-state index in [1.165, 1.54) is 5.56 Å². The second-order valence-corrected chi connectivity index (χ2v) is 4.67. The summed E-state index contributed by atoms with van der Waals surface area (Å²) >= 11 is 0. The molecule has 3 nitrogen and oxygen atoms in total. The zero-order valence-corrected chi connectivity index (χ0v) is 11.5. The minimum atomic E-state index is -0.279. The smallest absolute Gasteiger partial charge is 0.307 e. The van der Waals surface area contributed by atoms with E-state index in [0.29, 0.717) is 6.61 Å². The Morgan fingerprint density at radius 2 is 2.11 bits per heavy atom. The number of esters is 1. The molecule has 0 saturated carbocycles. The number of aryl methyl sites for hydroxylation is 1. The summed E-state index contributed by atoms with van der Waals surface area (Å²) in [4.78, 5) is 11.6. The fourth-order valence-corrected chi connectivity index (χ4v) is 1.85. The van der Waals surface area contributed by atoms with Crippen molar-refractivity contribution in [3.05, 3.63) is 34.9 Å². The third-order valence-corrected chi connectivity index (χ3v) is 3.19. The summed E-state index contributed by atoms with van der Waals surface area (Å²) in [5.74, 6) is -0.211. The van der Waals surface area contributed by atoms with Crippen LogP contribution in [0.25, 0.3) is 0 Å². The Morgan fingerprint density at radius 3 is 2.78 bits per heavy atom. The molecule has 0 heterocycles. The van der Waals surface area contributed by atoms with Gasteiger partial charge in [-0.3, -0.25) is 4.79 Å². The third-order valence-electron chi connectivity index (χ3n) is 3.19. The predicted molar refractivity (Wildman–Crippen MR) is 73.3 cm³/mol.